The summed E-state index contributed by atoms with van der Waals surface area (Å²) in [6, 6.07) is 5.60. The monoisotopic (exact) mass is 312 g/mol. The molecular formula is C13H17BrN2O2. The summed E-state index contributed by atoms with van der Waals surface area (Å²) in [6.45, 7) is 3.56. The van der Waals surface area contributed by atoms with Crippen molar-refractivity contribution in [2.75, 3.05) is 25.1 Å². The molecule has 0 radical (unpaired) electrons. The number of hydrogen-bond donors (Lipinski definition) is 1. The van der Waals surface area contributed by atoms with Gasteiger partial charge in [0.2, 0.25) is 5.91 Å². The molecule has 1 amide bonds. The number of halogens is 1. The number of likely N-dealkylation sites (N-methyl/N-ethyl adjacent to an activating group) is 1. The van der Waals surface area contributed by atoms with Crippen LogP contribution in [0, 0.1) is 0 Å². The van der Waals surface area contributed by atoms with E-state index in [9.17, 15) is 4.79 Å². The summed E-state index contributed by atoms with van der Waals surface area (Å²) in [5, 5.41) is 3.20. The number of methoxy groups -OCH3 is 1. The van der Waals surface area contributed by atoms with E-state index in [1.165, 1.54) is 0 Å². The number of nitrogens with one attached hydrogen (secondary N) is 1. The van der Waals surface area contributed by atoms with Gasteiger partial charge in [-0.15, -0.1) is 0 Å². The predicted molar refractivity (Wildman–Crippen MR) is 75.1 cm³/mol. The number of anilines is 1. The van der Waals surface area contributed by atoms with Crippen molar-refractivity contribution in [1.29, 1.82) is 0 Å². The van der Waals surface area contributed by atoms with E-state index in [1.54, 1.807) is 12.0 Å². The number of hydrogen-bond acceptors (Lipinski definition) is 3. The van der Waals surface area contributed by atoms with Crippen LogP contribution in [0.1, 0.15) is 13.3 Å². The lowest BCUT2D eigenvalue weighted by Gasteiger charge is -2.19. The normalized spacial score (nSPS) is 19.4. The minimum absolute atomic E-state index is 0.0619. The van der Waals surface area contributed by atoms with Crippen LogP contribution in [0.4, 0.5) is 5.69 Å². The van der Waals surface area contributed by atoms with Crippen LogP contribution in [-0.2, 0) is 4.79 Å². The van der Waals surface area contributed by atoms with Gasteiger partial charge in [-0.2, -0.15) is 0 Å². The summed E-state index contributed by atoms with van der Waals surface area (Å²) in [5.74, 6) is 0.888. The second kappa shape index (κ2) is 5.71. The molecule has 98 valence electrons. The maximum Gasteiger partial charge on any atom is 0.244 e. The van der Waals surface area contributed by atoms with Gasteiger partial charge in [-0.05, 0) is 41.0 Å². The molecule has 2 rings (SSSR count). The molecule has 1 atom stereocenters. The molecule has 1 saturated heterocycles. The molecule has 0 aliphatic carbocycles. The third-order valence-corrected chi connectivity index (χ3v) is 3.77. The highest BCUT2D eigenvalue weighted by atomic mass is 79.9. The summed E-state index contributed by atoms with van der Waals surface area (Å²) in [7, 11) is 1.63. The molecular weight excluding hydrogens is 296 g/mol. The average molecular weight is 313 g/mol. The predicted octanol–water partition coefficient (Wildman–Crippen LogP) is 2.17. The van der Waals surface area contributed by atoms with Crippen molar-refractivity contribution in [2.45, 2.75) is 19.4 Å². The first-order chi connectivity index (χ1) is 8.67. The summed E-state index contributed by atoms with van der Waals surface area (Å²) in [5.41, 5.74) is 0.875. The Morgan fingerprint density at radius 3 is 3.00 bits per heavy atom. The summed E-state index contributed by atoms with van der Waals surface area (Å²) < 4.78 is 6.12. The highest BCUT2D eigenvalue weighted by molar-refractivity contribution is 9.10. The van der Waals surface area contributed by atoms with Crippen molar-refractivity contribution in [1.82, 2.24) is 5.32 Å². The molecule has 1 aliphatic rings. The van der Waals surface area contributed by atoms with Gasteiger partial charge in [0.15, 0.2) is 0 Å². The van der Waals surface area contributed by atoms with Gasteiger partial charge in [-0.25, -0.2) is 0 Å². The van der Waals surface area contributed by atoms with E-state index in [-0.39, 0.29) is 11.9 Å². The van der Waals surface area contributed by atoms with Crippen LogP contribution in [-0.4, -0.2) is 32.1 Å². The summed E-state index contributed by atoms with van der Waals surface area (Å²) in [4.78, 5) is 14.1. The second-order valence-electron chi connectivity index (χ2n) is 4.21. The maximum atomic E-state index is 12.2. The lowest BCUT2D eigenvalue weighted by molar-refractivity contribution is -0.118. The Morgan fingerprint density at radius 1 is 1.56 bits per heavy atom. The number of nitrogens with zero attached hydrogens (tertiary/aromatic N) is 1. The van der Waals surface area contributed by atoms with E-state index in [4.69, 9.17) is 4.74 Å². The fraction of sp³-hybridized carbons (Fsp3) is 0.462. The van der Waals surface area contributed by atoms with E-state index in [1.807, 2.05) is 25.1 Å². The molecule has 0 spiro atoms. The third-order valence-electron chi connectivity index (χ3n) is 3.10. The lowest BCUT2D eigenvalue weighted by atomic mass is 10.2. The quantitative estimate of drug-likeness (QED) is 0.926. The molecule has 18 heavy (non-hydrogen) atoms. The van der Waals surface area contributed by atoms with E-state index >= 15 is 0 Å². The second-order valence-corrected chi connectivity index (χ2v) is 5.06. The number of benzene rings is 1. The Balaban J connectivity index is 2.24. The van der Waals surface area contributed by atoms with Gasteiger partial charge >= 0.3 is 0 Å². The molecule has 1 aromatic carbocycles. The molecule has 1 aliphatic heterocycles. The number of carbonyl (C=O) groups is 1. The Bertz CT molecular complexity index is 451. The van der Waals surface area contributed by atoms with Crippen LogP contribution in [0.3, 0.4) is 0 Å². The van der Waals surface area contributed by atoms with Crippen LogP contribution in [0.5, 0.6) is 5.75 Å². The fourth-order valence-electron chi connectivity index (χ4n) is 2.18. The van der Waals surface area contributed by atoms with Gasteiger partial charge in [-0.3, -0.25) is 4.79 Å². The zero-order chi connectivity index (χ0) is 13.1. The highest BCUT2D eigenvalue weighted by Crippen LogP contribution is 2.33. The van der Waals surface area contributed by atoms with Gasteiger partial charge in [0.1, 0.15) is 5.75 Å². The Kier molecular flexibility index (Phi) is 4.24. The number of ether oxygens (including phenoxy) is 1. The van der Waals surface area contributed by atoms with Crippen molar-refractivity contribution in [3.05, 3.63) is 22.7 Å². The third kappa shape index (κ3) is 2.52. The number of carbonyl (C=O) groups excluding carboxylic acids is 1. The van der Waals surface area contributed by atoms with Gasteiger partial charge in [0, 0.05) is 17.1 Å². The van der Waals surface area contributed by atoms with Gasteiger partial charge in [0.25, 0.3) is 0 Å². The average Bonchev–Trinajstić information content (AvgIpc) is 2.73. The van der Waals surface area contributed by atoms with E-state index in [0.717, 1.165) is 35.4 Å². The van der Waals surface area contributed by atoms with Crippen molar-refractivity contribution in [2.24, 2.45) is 0 Å². The number of rotatable bonds is 4. The first-order valence-electron chi connectivity index (χ1n) is 6.05. The fourth-order valence-corrected chi connectivity index (χ4v) is 2.64. The molecule has 1 heterocycles. The number of amides is 1. The first kappa shape index (κ1) is 13.4. The molecule has 0 saturated carbocycles. The first-order valence-corrected chi connectivity index (χ1v) is 6.85. The Morgan fingerprint density at radius 2 is 2.33 bits per heavy atom. The zero-order valence-corrected chi connectivity index (χ0v) is 12.2. The molecule has 4 nitrogen and oxygen atoms in total. The highest BCUT2D eigenvalue weighted by Gasteiger charge is 2.32. The van der Waals surface area contributed by atoms with Crippen LogP contribution in [0.2, 0.25) is 0 Å². The van der Waals surface area contributed by atoms with Crippen LogP contribution in [0.25, 0.3) is 0 Å². The van der Waals surface area contributed by atoms with Crippen molar-refractivity contribution < 1.29 is 9.53 Å². The minimum atomic E-state index is -0.0619. The molecule has 5 heteroatoms. The zero-order valence-electron chi connectivity index (χ0n) is 10.6. The Labute approximate surface area is 115 Å². The molecule has 1 aromatic rings. The van der Waals surface area contributed by atoms with E-state index in [2.05, 4.69) is 21.2 Å². The molecule has 1 fully saturated rings. The van der Waals surface area contributed by atoms with Gasteiger partial charge < -0.3 is 15.0 Å². The lowest BCUT2D eigenvalue weighted by Crippen LogP contribution is -2.38. The SMILES string of the molecule is CCNC1CCN(c2cc(OC)ccc2Br)C1=O. The van der Waals surface area contributed by atoms with Crippen LogP contribution >= 0.6 is 15.9 Å². The topological polar surface area (TPSA) is 41.6 Å². The summed E-state index contributed by atoms with van der Waals surface area (Å²) in [6.07, 6.45) is 0.844. The van der Waals surface area contributed by atoms with Crippen molar-refractivity contribution in [3.63, 3.8) is 0 Å². The van der Waals surface area contributed by atoms with E-state index < -0.39 is 0 Å². The van der Waals surface area contributed by atoms with Crippen molar-refractivity contribution >= 4 is 27.5 Å². The molecule has 1 N–H and O–H groups in total. The summed E-state index contributed by atoms with van der Waals surface area (Å²) >= 11 is 3.49. The minimum Gasteiger partial charge on any atom is -0.497 e. The van der Waals surface area contributed by atoms with Crippen molar-refractivity contribution in [3.8, 4) is 5.75 Å². The van der Waals surface area contributed by atoms with Gasteiger partial charge in [-0.1, -0.05) is 6.92 Å². The maximum absolute atomic E-state index is 12.2. The molecule has 0 aromatic heterocycles. The largest absolute Gasteiger partial charge is 0.497 e. The Hall–Kier alpha value is -1.07. The van der Waals surface area contributed by atoms with E-state index in [0.29, 0.717) is 0 Å². The van der Waals surface area contributed by atoms with Gasteiger partial charge in [0.05, 0.1) is 18.8 Å². The van der Waals surface area contributed by atoms with Crippen LogP contribution in [0.15, 0.2) is 22.7 Å². The van der Waals surface area contributed by atoms with Crippen LogP contribution < -0.4 is 15.0 Å². The molecule has 1 unspecified atom stereocenters. The molecule has 0 bridgehead atoms. The standard InChI is InChI=1S/C13H17BrN2O2/c1-3-15-11-6-7-16(13(11)17)12-8-9(18-2)4-5-10(12)14/h4-5,8,11,15H,3,6-7H2,1-2H3. The smallest absolute Gasteiger partial charge is 0.244 e.